The Hall–Kier alpha value is -3.06. The number of carbonyl (C=O) groups is 3. The topological polar surface area (TPSA) is 90.5 Å². The fourth-order valence-electron chi connectivity index (χ4n) is 4.36. The van der Waals surface area contributed by atoms with E-state index in [1.165, 1.54) is 0 Å². The van der Waals surface area contributed by atoms with Crippen LogP contribution in [0.15, 0.2) is 54.6 Å². The second kappa shape index (κ2) is 9.39. The Kier molecular flexibility index (Phi) is 6.42. The van der Waals surface area contributed by atoms with Gasteiger partial charge in [0, 0.05) is 22.4 Å². The van der Waals surface area contributed by atoms with Crippen molar-refractivity contribution < 1.29 is 14.4 Å². The molecule has 4 amide bonds. The van der Waals surface area contributed by atoms with Crippen LogP contribution in [-0.2, 0) is 9.59 Å². The zero-order valence-corrected chi connectivity index (χ0v) is 17.8. The zero-order chi connectivity index (χ0) is 21.8. The van der Waals surface area contributed by atoms with E-state index in [1.807, 2.05) is 18.2 Å². The van der Waals surface area contributed by atoms with E-state index in [0.717, 1.165) is 25.7 Å². The van der Waals surface area contributed by atoms with Crippen LogP contribution in [-0.4, -0.2) is 40.9 Å². The highest BCUT2D eigenvalue weighted by molar-refractivity contribution is 6.30. The van der Waals surface area contributed by atoms with Gasteiger partial charge in [0.1, 0.15) is 6.04 Å². The number of anilines is 2. The molecule has 31 heavy (non-hydrogen) atoms. The van der Waals surface area contributed by atoms with Crippen molar-refractivity contribution >= 4 is 40.8 Å². The van der Waals surface area contributed by atoms with Gasteiger partial charge >= 0.3 is 6.03 Å². The first-order chi connectivity index (χ1) is 15.0. The molecule has 7 nitrogen and oxygen atoms in total. The second-order valence-electron chi connectivity index (χ2n) is 7.95. The van der Waals surface area contributed by atoms with E-state index in [0.29, 0.717) is 16.4 Å². The fraction of sp³-hybridized carbons (Fsp3) is 0.348. The maximum absolute atomic E-state index is 13.2. The summed E-state index contributed by atoms with van der Waals surface area (Å²) in [7, 11) is 0. The van der Waals surface area contributed by atoms with Gasteiger partial charge in [-0.05, 0) is 49.2 Å². The fourth-order valence-corrected chi connectivity index (χ4v) is 4.49. The average Bonchev–Trinajstić information content (AvgIpc) is 2.76. The number of amides is 4. The first-order valence-corrected chi connectivity index (χ1v) is 10.9. The number of urea groups is 1. The third-order valence-corrected chi connectivity index (χ3v) is 6.07. The molecule has 2 aromatic rings. The predicted octanol–water partition coefficient (Wildman–Crippen LogP) is 4.01. The maximum atomic E-state index is 13.2. The highest BCUT2D eigenvalue weighted by Crippen LogP contribution is 2.30. The summed E-state index contributed by atoms with van der Waals surface area (Å²) < 4.78 is 0. The molecule has 2 aromatic carbocycles. The highest BCUT2D eigenvalue weighted by Gasteiger charge is 2.46. The number of rotatable bonds is 4. The van der Waals surface area contributed by atoms with E-state index in [2.05, 4.69) is 16.0 Å². The Morgan fingerprint density at radius 3 is 2.39 bits per heavy atom. The smallest absolute Gasteiger partial charge is 0.322 e. The number of hydrogen-bond acceptors (Lipinski definition) is 3. The van der Waals surface area contributed by atoms with Gasteiger partial charge in [0.2, 0.25) is 11.8 Å². The second-order valence-corrected chi connectivity index (χ2v) is 8.38. The molecule has 0 radical (unpaired) electrons. The summed E-state index contributed by atoms with van der Waals surface area (Å²) in [5, 5.41) is 9.27. The maximum Gasteiger partial charge on any atom is 0.322 e. The van der Waals surface area contributed by atoms with Crippen molar-refractivity contribution in [1.29, 1.82) is 0 Å². The molecule has 1 heterocycles. The van der Waals surface area contributed by atoms with Crippen molar-refractivity contribution in [2.45, 2.75) is 50.2 Å². The van der Waals surface area contributed by atoms with Gasteiger partial charge in [0.25, 0.3) is 0 Å². The Morgan fingerprint density at radius 1 is 0.968 bits per heavy atom. The molecule has 3 atom stereocenters. The summed E-state index contributed by atoms with van der Waals surface area (Å²) in [4.78, 5) is 40.5. The number of benzene rings is 2. The molecule has 0 aromatic heterocycles. The lowest BCUT2D eigenvalue weighted by atomic mass is 9.85. The number of para-hydroxylation sites is 1. The Morgan fingerprint density at radius 2 is 1.65 bits per heavy atom. The van der Waals surface area contributed by atoms with Crippen LogP contribution in [0.4, 0.5) is 16.2 Å². The molecule has 2 fully saturated rings. The van der Waals surface area contributed by atoms with E-state index < -0.39 is 6.04 Å². The van der Waals surface area contributed by atoms with Gasteiger partial charge in [-0.3, -0.25) is 9.59 Å². The van der Waals surface area contributed by atoms with Crippen LogP contribution in [0.5, 0.6) is 0 Å². The van der Waals surface area contributed by atoms with E-state index in [-0.39, 0.29) is 36.3 Å². The summed E-state index contributed by atoms with van der Waals surface area (Å²) in [6.45, 7) is 0. The van der Waals surface area contributed by atoms with Crippen LogP contribution in [0.2, 0.25) is 5.02 Å². The summed E-state index contributed by atoms with van der Waals surface area (Å²) in [5.41, 5.74) is 1.23. The standard InChI is InChI=1S/C23H25ClN4O3/c24-15-10-12-17(13-11-15)25-21(29)14-20-22(30)27-18-8-4-5-9-19(18)28(20)23(31)26-16-6-2-1-3-7-16/h1-3,6-7,10-13,18-20H,4-5,8-9,14H2,(H,25,29)(H,26,31)(H,27,30). The molecule has 4 rings (SSSR count). The first kappa shape index (κ1) is 21.2. The predicted molar refractivity (Wildman–Crippen MR) is 120 cm³/mol. The minimum Gasteiger partial charge on any atom is -0.349 e. The lowest BCUT2D eigenvalue weighted by Crippen LogP contribution is -2.68. The molecule has 1 aliphatic carbocycles. The van der Waals surface area contributed by atoms with Crippen LogP contribution < -0.4 is 16.0 Å². The number of piperazine rings is 1. The molecule has 1 aliphatic heterocycles. The van der Waals surface area contributed by atoms with Crippen molar-refractivity contribution in [3.05, 3.63) is 59.6 Å². The number of carbonyl (C=O) groups excluding carboxylic acids is 3. The number of hydrogen-bond donors (Lipinski definition) is 3. The van der Waals surface area contributed by atoms with Crippen molar-refractivity contribution in [3.8, 4) is 0 Å². The lowest BCUT2D eigenvalue weighted by molar-refractivity contribution is -0.135. The van der Waals surface area contributed by atoms with Gasteiger partial charge in [-0.1, -0.05) is 42.6 Å². The quantitative estimate of drug-likeness (QED) is 0.670. The molecular weight excluding hydrogens is 416 g/mol. The molecule has 3 N–H and O–H groups in total. The lowest BCUT2D eigenvalue weighted by Gasteiger charge is -2.47. The summed E-state index contributed by atoms with van der Waals surface area (Å²) >= 11 is 5.89. The minimum atomic E-state index is -0.879. The molecule has 0 bridgehead atoms. The molecule has 8 heteroatoms. The van der Waals surface area contributed by atoms with Crippen LogP contribution >= 0.6 is 11.6 Å². The van der Waals surface area contributed by atoms with Gasteiger partial charge in [-0.15, -0.1) is 0 Å². The molecule has 1 saturated heterocycles. The Bertz CT molecular complexity index is 951. The number of fused-ring (bicyclic) bond motifs is 1. The van der Waals surface area contributed by atoms with Crippen molar-refractivity contribution in [1.82, 2.24) is 10.2 Å². The van der Waals surface area contributed by atoms with E-state index >= 15 is 0 Å². The van der Waals surface area contributed by atoms with E-state index in [1.54, 1.807) is 41.3 Å². The van der Waals surface area contributed by atoms with E-state index in [9.17, 15) is 14.4 Å². The van der Waals surface area contributed by atoms with Crippen molar-refractivity contribution in [3.63, 3.8) is 0 Å². The normalized spacial score (nSPS) is 22.8. The summed E-state index contributed by atoms with van der Waals surface area (Å²) in [6, 6.07) is 14.4. The van der Waals surface area contributed by atoms with Crippen molar-refractivity contribution in [2.75, 3.05) is 10.6 Å². The zero-order valence-electron chi connectivity index (χ0n) is 17.0. The number of nitrogens with one attached hydrogen (secondary N) is 3. The molecule has 3 unspecified atom stereocenters. The molecule has 162 valence electrons. The third kappa shape index (κ3) is 4.99. The molecular formula is C23H25ClN4O3. The third-order valence-electron chi connectivity index (χ3n) is 5.82. The van der Waals surface area contributed by atoms with Crippen LogP contribution in [0.3, 0.4) is 0 Å². The highest BCUT2D eigenvalue weighted by atomic mass is 35.5. The number of nitrogens with zero attached hydrogens (tertiary/aromatic N) is 1. The van der Waals surface area contributed by atoms with Gasteiger partial charge in [0.15, 0.2) is 0 Å². The van der Waals surface area contributed by atoms with Gasteiger partial charge in [0.05, 0.1) is 12.5 Å². The van der Waals surface area contributed by atoms with Gasteiger partial charge < -0.3 is 20.9 Å². The monoisotopic (exact) mass is 440 g/mol. The largest absolute Gasteiger partial charge is 0.349 e. The molecule has 0 spiro atoms. The van der Waals surface area contributed by atoms with Crippen molar-refractivity contribution in [2.24, 2.45) is 0 Å². The van der Waals surface area contributed by atoms with Crippen LogP contribution in [0.1, 0.15) is 32.1 Å². The van der Waals surface area contributed by atoms with Crippen LogP contribution in [0, 0.1) is 0 Å². The average molecular weight is 441 g/mol. The van der Waals surface area contributed by atoms with Crippen LogP contribution in [0.25, 0.3) is 0 Å². The van der Waals surface area contributed by atoms with Gasteiger partial charge in [-0.2, -0.15) is 0 Å². The first-order valence-electron chi connectivity index (χ1n) is 10.5. The molecule has 2 aliphatic rings. The Balaban J connectivity index is 1.53. The summed E-state index contributed by atoms with van der Waals surface area (Å²) in [6.07, 6.45) is 3.49. The SMILES string of the molecule is O=C(CC1C(=O)NC2CCCCC2N1C(=O)Nc1ccccc1)Nc1ccc(Cl)cc1. The van der Waals surface area contributed by atoms with Gasteiger partial charge in [-0.25, -0.2) is 4.79 Å². The minimum absolute atomic E-state index is 0.0849. The molecule has 1 saturated carbocycles. The summed E-state index contributed by atoms with van der Waals surface area (Å²) in [5.74, 6) is -0.633. The van der Waals surface area contributed by atoms with E-state index in [4.69, 9.17) is 11.6 Å². The Labute approximate surface area is 186 Å². The number of halogens is 1.